The Bertz CT molecular complexity index is 1120. The summed E-state index contributed by atoms with van der Waals surface area (Å²) in [5.41, 5.74) is 5.60. The van der Waals surface area contributed by atoms with Gasteiger partial charge in [0.15, 0.2) is 0 Å². The lowest BCUT2D eigenvalue weighted by Crippen LogP contribution is -2.20. The molecule has 1 fully saturated rings. The van der Waals surface area contributed by atoms with E-state index in [9.17, 15) is 4.79 Å². The Morgan fingerprint density at radius 1 is 1.04 bits per heavy atom. The summed E-state index contributed by atoms with van der Waals surface area (Å²) in [6.45, 7) is 2.09. The molecule has 1 aliphatic rings. The molecular weight excluding hydrogens is 352 g/mol. The number of nitrogens with one attached hydrogen (secondary N) is 1. The fourth-order valence-corrected chi connectivity index (χ4v) is 3.39. The molecule has 0 unspecified atom stereocenters. The van der Waals surface area contributed by atoms with Gasteiger partial charge in [0.05, 0.1) is 11.4 Å². The zero-order valence-electron chi connectivity index (χ0n) is 15.5. The maximum Gasteiger partial charge on any atom is 0.247 e. The Labute approximate surface area is 162 Å². The van der Waals surface area contributed by atoms with Crippen LogP contribution in [0.25, 0.3) is 16.7 Å². The molecule has 1 aliphatic carbocycles. The van der Waals surface area contributed by atoms with Crippen LogP contribution >= 0.6 is 0 Å². The predicted octanol–water partition coefficient (Wildman–Crippen LogP) is 3.44. The molecule has 140 valence electrons. The topological polar surface area (TPSA) is 77.6 Å². The molecule has 0 atom stereocenters. The van der Waals surface area contributed by atoms with Crippen LogP contribution in [0.3, 0.4) is 0 Å². The van der Waals surface area contributed by atoms with Gasteiger partial charge in [-0.2, -0.15) is 20.1 Å². The van der Waals surface area contributed by atoms with E-state index < -0.39 is 0 Å². The van der Waals surface area contributed by atoms with Crippen LogP contribution in [-0.2, 0) is 11.3 Å². The smallest absolute Gasteiger partial charge is 0.247 e. The summed E-state index contributed by atoms with van der Waals surface area (Å²) in [6.07, 6.45) is 2.46. The van der Waals surface area contributed by atoms with E-state index in [1.807, 2.05) is 60.1 Å². The molecule has 0 aliphatic heterocycles. The fourth-order valence-electron chi connectivity index (χ4n) is 3.39. The van der Waals surface area contributed by atoms with Gasteiger partial charge < -0.3 is 5.32 Å². The Morgan fingerprint density at radius 2 is 1.71 bits per heavy atom. The van der Waals surface area contributed by atoms with Gasteiger partial charge in [0, 0.05) is 17.3 Å². The van der Waals surface area contributed by atoms with E-state index in [1.54, 1.807) is 0 Å². The standard InChI is InChI=1S/C21H20N6O/c1-14-12-20(15-6-7-15)27(23-14)17-10-8-16(9-11-17)22-21(28)13-26-24-18-4-2-3-5-19(18)25-26/h2-5,8-12,15H,6-7,13H2,1H3,(H,22,28). The van der Waals surface area contributed by atoms with E-state index in [-0.39, 0.29) is 12.5 Å². The van der Waals surface area contributed by atoms with Gasteiger partial charge in [0.2, 0.25) is 5.91 Å². The minimum atomic E-state index is -0.165. The number of carbonyl (C=O) groups is 1. The highest BCUT2D eigenvalue weighted by Crippen LogP contribution is 2.41. The number of benzene rings is 2. The van der Waals surface area contributed by atoms with Gasteiger partial charge in [-0.15, -0.1) is 0 Å². The summed E-state index contributed by atoms with van der Waals surface area (Å²) >= 11 is 0. The fraction of sp³-hybridized carbons (Fsp3) is 0.238. The summed E-state index contributed by atoms with van der Waals surface area (Å²) in [7, 11) is 0. The third-order valence-corrected chi connectivity index (χ3v) is 4.86. The van der Waals surface area contributed by atoms with Crippen LogP contribution in [0.4, 0.5) is 5.69 Å². The Hall–Kier alpha value is -3.48. The lowest BCUT2D eigenvalue weighted by Gasteiger charge is -2.09. The molecule has 2 heterocycles. The lowest BCUT2D eigenvalue weighted by atomic mass is 10.2. The van der Waals surface area contributed by atoms with Crippen molar-refractivity contribution in [3.63, 3.8) is 0 Å². The number of hydrogen-bond acceptors (Lipinski definition) is 4. The Morgan fingerprint density at radius 3 is 2.36 bits per heavy atom. The molecule has 5 rings (SSSR count). The van der Waals surface area contributed by atoms with Gasteiger partial charge in [0.1, 0.15) is 17.6 Å². The molecule has 7 heteroatoms. The Kier molecular flexibility index (Phi) is 3.93. The first-order chi connectivity index (χ1) is 13.7. The second-order valence-corrected chi connectivity index (χ2v) is 7.21. The van der Waals surface area contributed by atoms with Gasteiger partial charge in [-0.1, -0.05) is 12.1 Å². The molecule has 2 aromatic heterocycles. The van der Waals surface area contributed by atoms with Crippen LogP contribution in [0, 0.1) is 6.92 Å². The number of hydrogen-bond donors (Lipinski definition) is 1. The molecule has 1 amide bonds. The summed E-state index contributed by atoms with van der Waals surface area (Å²) in [4.78, 5) is 13.8. The van der Waals surface area contributed by atoms with Gasteiger partial charge in [-0.05, 0) is 62.2 Å². The molecule has 4 aromatic rings. The summed E-state index contributed by atoms with van der Waals surface area (Å²) in [5.74, 6) is 0.458. The number of carbonyl (C=O) groups excluding carboxylic acids is 1. The first-order valence-corrected chi connectivity index (χ1v) is 9.42. The molecule has 1 saturated carbocycles. The maximum absolute atomic E-state index is 12.3. The van der Waals surface area contributed by atoms with Crippen molar-refractivity contribution in [2.75, 3.05) is 5.32 Å². The average Bonchev–Trinajstić information content (AvgIpc) is 3.34. The van der Waals surface area contributed by atoms with Gasteiger partial charge in [0.25, 0.3) is 0 Å². The summed E-state index contributed by atoms with van der Waals surface area (Å²) in [6, 6.07) is 17.5. The minimum Gasteiger partial charge on any atom is -0.324 e. The molecule has 1 N–H and O–H groups in total. The van der Waals surface area contributed by atoms with Crippen molar-refractivity contribution in [3.8, 4) is 5.69 Å². The Balaban J connectivity index is 1.29. The van der Waals surface area contributed by atoms with Crippen molar-refractivity contribution in [3.05, 3.63) is 66.0 Å². The average molecular weight is 372 g/mol. The zero-order chi connectivity index (χ0) is 19.1. The maximum atomic E-state index is 12.3. The molecule has 7 nitrogen and oxygen atoms in total. The van der Waals surface area contributed by atoms with E-state index in [1.165, 1.54) is 23.3 Å². The van der Waals surface area contributed by atoms with Crippen molar-refractivity contribution >= 4 is 22.6 Å². The number of aryl methyl sites for hydroxylation is 1. The van der Waals surface area contributed by atoms with Crippen molar-refractivity contribution in [1.29, 1.82) is 0 Å². The highest BCUT2D eigenvalue weighted by Gasteiger charge is 2.28. The van der Waals surface area contributed by atoms with Crippen molar-refractivity contribution < 1.29 is 4.79 Å². The molecule has 28 heavy (non-hydrogen) atoms. The summed E-state index contributed by atoms with van der Waals surface area (Å²) in [5, 5.41) is 16.1. The van der Waals surface area contributed by atoms with Crippen LogP contribution in [0.15, 0.2) is 54.6 Å². The van der Waals surface area contributed by atoms with Crippen LogP contribution in [-0.4, -0.2) is 30.7 Å². The monoisotopic (exact) mass is 372 g/mol. The second kappa shape index (κ2) is 6.60. The van der Waals surface area contributed by atoms with E-state index in [4.69, 9.17) is 0 Å². The van der Waals surface area contributed by atoms with Crippen molar-refractivity contribution in [2.24, 2.45) is 0 Å². The number of aromatic nitrogens is 5. The third-order valence-electron chi connectivity index (χ3n) is 4.86. The van der Waals surface area contributed by atoms with E-state index in [0.717, 1.165) is 28.1 Å². The molecular formula is C21H20N6O. The molecule has 0 saturated heterocycles. The first kappa shape index (κ1) is 16.7. The van der Waals surface area contributed by atoms with Gasteiger partial charge in [-0.3, -0.25) is 4.79 Å². The molecule has 2 aromatic carbocycles. The van der Waals surface area contributed by atoms with Crippen LogP contribution in [0.5, 0.6) is 0 Å². The highest BCUT2D eigenvalue weighted by molar-refractivity contribution is 5.90. The molecule has 0 radical (unpaired) electrons. The molecule has 0 spiro atoms. The number of nitrogens with zero attached hydrogens (tertiary/aromatic N) is 5. The van der Waals surface area contributed by atoms with Gasteiger partial charge in [-0.25, -0.2) is 4.68 Å². The number of amides is 1. The number of anilines is 1. The van der Waals surface area contributed by atoms with Crippen molar-refractivity contribution in [1.82, 2.24) is 24.8 Å². The SMILES string of the molecule is Cc1cc(C2CC2)n(-c2ccc(NC(=O)Cn3nc4ccccc4n3)cc2)n1. The third kappa shape index (κ3) is 3.26. The predicted molar refractivity (Wildman–Crippen MR) is 106 cm³/mol. The second-order valence-electron chi connectivity index (χ2n) is 7.21. The molecule has 0 bridgehead atoms. The van der Waals surface area contributed by atoms with Crippen LogP contribution < -0.4 is 5.32 Å². The number of fused-ring (bicyclic) bond motifs is 1. The van der Waals surface area contributed by atoms with E-state index >= 15 is 0 Å². The quantitative estimate of drug-likeness (QED) is 0.582. The summed E-state index contributed by atoms with van der Waals surface area (Å²) < 4.78 is 2.01. The van der Waals surface area contributed by atoms with E-state index in [2.05, 4.69) is 26.7 Å². The zero-order valence-corrected chi connectivity index (χ0v) is 15.5. The van der Waals surface area contributed by atoms with Crippen LogP contribution in [0.1, 0.15) is 30.1 Å². The van der Waals surface area contributed by atoms with E-state index in [0.29, 0.717) is 5.92 Å². The minimum absolute atomic E-state index is 0.0700. The lowest BCUT2D eigenvalue weighted by molar-refractivity contribution is -0.117. The highest BCUT2D eigenvalue weighted by atomic mass is 16.2. The van der Waals surface area contributed by atoms with Crippen molar-refractivity contribution in [2.45, 2.75) is 32.2 Å². The van der Waals surface area contributed by atoms with Crippen LogP contribution in [0.2, 0.25) is 0 Å². The number of rotatable bonds is 5. The normalized spacial score (nSPS) is 13.8. The first-order valence-electron chi connectivity index (χ1n) is 9.42. The largest absolute Gasteiger partial charge is 0.324 e. The van der Waals surface area contributed by atoms with Gasteiger partial charge >= 0.3 is 0 Å².